The highest BCUT2D eigenvalue weighted by Gasteiger charge is 2.19. The predicted molar refractivity (Wildman–Crippen MR) is 63.2 cm³/mol. The molecule has 1 rings (SSSR count). The summed E-state index contributed by atoms with van der Waals surface area (Å²) in [5.41, 5.74) is 5.68. The van der Waals surface area contributed by atoms with Crippen LogP contribution in [0.15, 0.2) is 18.2 Å². The van der Waals surface area contributed by atoms with Crippen LogP contribution >= 0.6 is 7.82 Å². The first-order chi connectivity index (χ1) is 8.73. The Morgan fingerprint density at radius 2 is 2.11 bits per heavy atom. The molecule has 1 aromatic carbocycles. The third kappa shape index (κ3) is 4.96. The second-order valence-electron chi connectivity index (χ2n) is 3.81. The molecule has 0 aromatic heterocycles. The molecule has 0 amide bonds. The summed E-state index contributed by atoms with van der Waals surface area (Å²) < 4.78 is 27.7. The molecule has 1 aromatic rings. The van der Waals surface area contributed by atoms with Gasteiger partial charge in [0, 0.05) is 5.56 Å². The zero-order valence-electron chi connectivity index (χ0n) is 9.69. The molecule has 0 bridgehead atoms. The maximum atomic E-state index is 12.8. The molecule has 0 saturated heterocycles. The van der Waals surface area contributed by atoms with E-state index in [4.69, 9.17) is 20.6 Å². The molecule has 0 saturated carbocycles. The summed E-state index contributed by atoms with van der Waals surface area (Å²) in [6, 6.07) is 2.65. The smallest absolute Gasteiger partial charge is 0.480 e. The number of benzene rings is 1. The number of phosphoric acid groups is 1. The van der Waals surface area contributed by atoms with Gasteiger partial charge >= 0.3 is 13.8 Å². The third-order valence-corrected chi connectivity index (χ3v) is 2.69. The standard InChI is InChI=1S/C10H13FNO6P/c11-5-7-3-6(4-8(12)10(13)14)1-2-9(7)18-19(15,16)17/h1-3,8H,4-5,12H2,(H,13,14)(H2,15,16,17). The van der Waals surface area contributed by atoms with Crippen molar-refractivity contribution in [2.75, 3.05) is 0 Å². The first kappa shape index (κ1) is 15.6. The third-order valence-electron chi connectivity index (χ3n) is 2.26. The van der Waals surface area contributed by atoms with Gasteiger partial charge in [-0.1, -0.05) is 6.07 Å². The Hall–Kier alpha value is -1.47. The largest absolute Gasteiger partial charge is 0.524 e. The van der Waals surface area contributed by atoms with E-state index in [9.17, 15) is 13.8 Å². The van der Waals surface area contributed by atoms with Gasteiger partial charge in [0.2, 0.25) is 0 Å². The van der Waals surface area contributed by atoms with Gasteiger partial charge in [0.15, 0.2) is 0 Å². The van der Waals surface area contributed by atoms with Gasteiger partial charge in [-0.25, -0.2) is 8.96 Å². The van der Waals surface area contributed by atoms with Crippen LogP contribution in [0.3, 0.4) is 0 Å². The summed E-state index contributed by atoms with van der Waals surface area (Å²) in [7, 11) is -4.77. The Kier molecular flexibility index (Phi) is 5.02. The van der Waals surface area contributed by atoms with Gasteiger partial charge in [-0.2, -0.15) is 0 Å². The number of halogens is 1. The van der Waals surface area contributed by atoms with Crippen molar-refractivity contribution in [2.24, 2.45) is 5.73 Å². The number of aliphatic carboxylic acids is 1. The number of hydrogen-bond donors (Lipinski definition) is 4. The SMILES string of the molecule is NC(Cc1ccc(OP(=O)(O)O)c(CF)c1)C(=O)O. The Bertz CT molecular complexity index is 517. The summed E-state index contributed by atoms with van der Waals surface area (Å²) in [5, 5.41) is 8.65. The van der Waals surface area contributed by atoms with Gasteiger partial charge in [0.25, 0.3) is 0 Å². The van der Waals surface area contributed by atoms with Gasteiger partial charge in [-0.3, -0.25) is 14.6 Å². The van der Waals surface area contributed by atoms with Crippen molar-refractivity contribution in [1.82, 2.24) is 0 Å². The predicted octanol–water partition coefficient (Wildman–Crippen LogP) is 0.582. The van der Waals surface area contributed by atoms with E-state index in [1.54, 1.807) is 0 Å². The summed E-state index contributed by atoms with van der Waals surface area (Å²) in [4.78, 5) is 27.9. The number of carboxylic acids is 1. The summed E-state index contributed by atoms with van der Waals surface area (Å²) in [5.74, 6) is -1.49. The first-order valence-electron chi connectivity index (χ1n) is 5.14. The topological polar surface area (TPSA) is 130 Å². The van der Waals surface area contributed by atoms with Crippen molar-refractivity contribution in [1.29, 1.82) is 0 Å². The van der Waals surface area contributed by atoms with E-state index >= 15 is 0 Å². The van der Waals surface area contributed by atoms with Crippen LogP contribution in [0.1, 0.15) is 11.1 Å². The second kappa shape index (κ2) is 6.12. The highest BCUT2D eigenvalue weighted by Crippen LogP contribution is 2.39. The Labute approximate surface area is 108 Å². The molecule has 1 unspecified atom stereocenters. The molecule has 0 spiro atoms. The lowest BCUT2D eigenvalue weighted by molar-refractivity contribution is -0.138. The van der Waals surface area contributed by atoms with Crippen LogP contribution in [0, 0.1) is 0 Å². The fourth-order valence-corrected chi connectivity index (χ4v) is 1.86. The molecule has 0 fully saturated rings. The summed E-state index contributed by atoms with van der Waals surface area (Å²) in [6.07, 6.45) is -0.0292. The van der Waals surface area contributed by atoms with Gasteiger partial charge in [0.05, 0.1) is 0 Å². The van der Waals surface area contributed by atoms with Crippen molar-refractivity contribution in [3.8, 4) is 5.75 Å². The number of carbonyl (C=O) groups is 1. The second-order valence-corrected chi connectivity index (χ2v) is 4.97. The van der Waals surface area contributed by atoms with Crippen LogP contribution in [0.2, 0.25) is 0 Å². The Morgan fingerprint density at radius 3 is 2.58 bits per heavy atom. The number of carboxylic acid groups (broad SMARTS) is 1. The lowest BCUT2D eigenvalue weighted by Crippen LogP contribution is -2.32. The fourth-order valence-electron chi connectivity index (χ4n) is 1.42. The number of nitrogens with two attached hydrogens (primary N) is 1. The van der Waals surface area contributed by atoms with Crippen LogP contribution < -0.4 is 10.3 Å². The van der Waals surface area contributed by atoms with E-state index in [-0.39, 0.29) is 17.7 Å². The molecule has 5 N–H and O–H groups in total. The lowest BCUT2D eigenvalue weighted by Gasteiger charge is -2.12. The minimum absolute atomic E-state index is 0.0292. The zero-order valence-corrected chi connectivity index (χ0v) is 10.6. The van der Waals surface area contributed by atoms with Crippen LogP contribution in [-0.2, 0) is 22.5 Å². The van der Waals surface area contributed by atoms with E-state index in [2.05, 4.69) is 4.52 Å². The molecule has 7 nitrogen and oxygen atoms in total. The van der Waals surface area contributed by atoms with Crippen molar-refractivity contribution in [3.63, 3.8) is 0 Å². The number of phosphoric ester groups is 1. The Balaban J connectivity index is 2.96. The molecule has 1 atom stereocenters. The minimum atomic E-state index is -4.77. The molecule has 0 aliphatic rings. The fraction of sp³-hybridized carbons (Fsp3) is 0.300. The molecule has 0 aliphatic carbocycles. The molecule has 19 heavy (non-hydrogen) atoms. The zero-order chi connectivity index (χ0) is 14.6. The normalized spacial score (nSPS) is 13.1. The maximum Gasteiger partial charge on any atom is 0.524 e. The number of hydrogen-bond acceptors (Lipinski definition) is 4. The monoisotopic (exact) mass is 293 g/mol. The molecule has 0 aliphatic heterocycles. The molecule has 106 valence electrons. The van der Waals surface area contributed by atoms with Gasteiger partial charge in [-0.15, -0.1) is 0 Å². The van der Waals surface area contributed by atoms with Crippen molar-refractivity contribution in [2.45, 2.75) is 19.1 Å². The molecular formula is C10H13FNO6P. The van der Waals surface area contributed by atoms with Gasteiger partial charge in [0.1, 0.15) is 18.5 Å². The first-order valence-corrected chi connectivity index (χ1v) is 6.67. The average Bonchev–Trinajstić information content (AvgIpc) is 2.29. The number of rotatable bonds is 6. The average molecular weight is 293 g/mol. The summed E-state index contributed by atoms with van der Waals surface area (Å²) in [6.45, 7) is -1.01. The van der Waals surface area contributed by atoms with E-state index in [1.165, 1.54) is 12.1 Å². The lowest BCUT2D eigenvalue weighted by atomic mass is 10.0. The molecule has 0 radical (unpaired) electrons. The van der Waals surface area contributed by atoms with E-state index in [0.29, 0.717) is 5.56 Å². The molecular weight excluding hydrogens is 280 g/mol. The van der Waals surface area contributed by atoms with Crippen LogP contribution in [0.25, 0.3) is 0 Å². The Morgan fingerprint density at radius 1 is 1.47 bits per heavy atom. The van der Waals surface area contributed by atoms with Crippen molar-refractivity contribution < 1.29 is 33.2 Å². The quantitative estimate of drug-likeness (QED) is 0.564. The number of alkyl halides is 1. The summed E-state index contributed by atoms with van der Waals surface area (Å²) >= 11 is 0. The highest BCUT2D eigenvalue weighted by molar-refractivity contribution is 7.46. The minimum Gasteiger partial charge on any atom is -0.480 e. The van der Waals surface area contributed by atoms with Gasteiger partial charge in [-0.05, 0) is 24.1 Å². The maximum absolute atomic E-state index is 12.8. The van der Waals surface area contributed by atoms with Crippen LogP contribution in [0.4, 0.5) is 4.39 Å². The highest BCUT2D eigenvalue weighted by atomic mass is 31.2. The van der Waals surface area contributed by atoms with Crippen molar-refractivity contribution in [3.05, 3.63) is 29.3 Å². The molecule has 9 heteroatoms. The van der Waals surface area contributed by atoms with Crippen LogP contribution in [0.5, 0.6) is 5.75 Å². The van der Waals surface area contributed by atoms with E-state index < -0.39 is 26.5 Å². The van der Waals surface area contributed by atoms with Gasteiger partial charge < -0.3 is 15.4 Å². The van der Waals surface area contributed by atoms with E-state index in [1.807, 2.05) is 0 Å². The van der Waals surface area contributed by atoms with Crippen molar-refractivity contribution >= 4 is 13.8 Å². The van der Waals surface area contributed by atoms with E-state index in [0.717, 1.165) is 6.07 Å². The van der Waals surface area contributed by atoms with Crippen LogP contribution in [-0.4, -0.2) is 26.9 Å². The molecule has 0 heterocycles.